The number of piperidine rings is 1. The fourth-order valence-electron chi connectivity index (χ4n) is 3.75. The number of anilines is 3. The third kappa shape index (κ3) is 2.68. The highest BCUT2D eigenvalue weighted by molar-refractivity contribution is 5.82. The minimum Gasteiger partial charge on any atom is -0.339 e. The van der Waals surface area contributed by atoms with E-state index in [1.54, 1.807) is 6.20 Å². The zero-order chi connectivity index (χ0) is 16.8. The van der Waals surface area contributed by atoms with Crippen LogP contribution in [0.25, 0.3) is 10.9 Å². The van der Waals surface area contributed by atoms with E-state index in [0.717, 1.165) is 36.2 Å². The summed E-state index contributed by atoms with van der Waals surface area (Å²) in [5.74, 6) is 0.923. The van der Waals surface area contributed by atoms with Gasteiger partial charge >= 0.3 is 0 Å². The summed E-state index contributed by atoms with van der Waals surface area (Å²) in [5, 5.41) is 14.4. The van der Waals surface area contributed by atoms with E-state index in [1.807, 2.05) is 18.2 Å². The molecule has 3 N–H and O–H groups in total. The Morgan fingerprint density at radius 1 is 1.24 bits per heavy atom. The molecule has 0 spiro atoms. The van der Waals surface area contributed by atoms with Gasteiger partial charge in [-0.1, -0.05) is 0 Å². The van der Waals surface area contributed by atoms with Crippen molar-refractivity contribution in [2.75, 3.05) is 29.9 Å². The van der Waals surface area contributed by atoms with Gasteiger partial charge in [-0.05, 0) is 30.5 Å². The van der Waals surface area contributed by atoms with Gasteiger partial charge in [-0.2, -0.15) is 10.1 Å². The van der Waals surface area contributed by atoms with Crippen molar-refractivity contribution in [1.29, 1.82) is 0 Å². The average molecular weight is 339 g/mol. The molecular formula is C17H18FN7. The molecule has 2 aromatic heterocycles. The van der Waals surface area contributed by atoms with Crippen LogP contribution in [0.3, 0.4) is 0 Å². The number of benzene rings is 1. The zero-order valence-electron chi connectivity index (χ0n) is 13.5. The summed E-state index contributed by atoms with van der Waals surface area (Å²) in [6, 6.07) is 6.16. The van der Waals surface area contributed by atoms with Crippen molar-refractivity contribution in [3.05, 3.63) is 36.4 Å². The van der Waals surface area contributed by atoms with Gasteiger partial charge in [0.2, 0.25) is 5.95 Å². The molecule has 1 aromatic carbocycles. The van der Waals surface area contributed by atoms with E-state index >= 15 is 0 Å². The Labute approximate surface area is 143 Å². The Morgan fingerprint density at radius 2 is 2.20 bits per heavy atom. The van der Waals surface area contributed by atoms with Crippen molar-refractivity contribution in [3.63, 3.8) is 0 Å². The molecule has 4 heterocycles. The van der Waals surface area contributed by atoms with E-state index in [9.17, 15) is 4.39 Å². The molecule has 2 saturated heterocycles. The van der Waals surface area contributed by atoms with E-state index in [0.29, 0.717) is 17.9 Å². The summed E-state index contributed by atoms with van der Waals surface area (Å²) in [5.41, 5.74) is 1.70. The maximum absolute atomic E-state index is 14.2. The summed E-state index contributed by atoms with van der Waals surface area (Å²) in [7, 11) is 0. The minimum absolute atomic E-state index is 0.193. The second-order valence-electron chi connectivity index (χ2n) is 6.78. The average Bonchev–Trinajstić information content (AvgIpc) is 3.22. The minimum atomic E-state index is -0.464. The lowest BCUT2D eigenvalue weighted by atomic mass is 10.0. The topological polar surface area (TPSA) is 81.8 Å². The number of aromatic amines is 1. The molecule has 8 heteroatoms. The van der Waals surface area contributed by atoms with Gasteiger partial charge in [-0.15, -0.1) is 0 Å². The maximum atomic E-state index is 14.2. The molecule has 2 unspecified atom stereocenters. The van der Waals surface area contributed by atoms with E-state index in [2.05, 4.69) is 35.7 Å². The summed E-state index contributed by atoms with van der Waals surface area (Å²) in [6.07, 6.45) is 4.18. The number of H-pyrrole nitrogens is 1. The SMILES string of the molecule is Fc1cnc(N2CC3CNC(C3)C2)nc1Nc1ccc2[nH]ncc2c1. The van der Waals surface area contributed by atoms with Gasteiger partial charge in [-0.3, -0.25) is 5.10 Å². The largest absolute Gasteiger partial charge is 0.339 e. The van der Waals surface area contributed by atoms with E-state index in [1.165, 1.54) is 12.6 Å². The number of nitrogens with one attached hydrogen (secondary N) is 3. The van der Waals surface area contributed by atoms with Crippen molar-refractivity contribution < 1.29 is 4.39 Å². The summed E-state index contributed by atoms with van der Waals surface area (Å²) in [4.78, 5) is 10.8. The highest BCUT2D eigenvalue weighted by atomic mass is 19.1. The lowest BCUT2D eigenvalue weighted by Crippen LogP contribution is -2.42. The van der Waals surface area contributed by atoms with Crippen LogP contribution in [0.1, 0.15) is 6.42 Å². The predicted octanol–water partition coefficient (Wildman–Crippen LogP) is 2.03. The molecule has 128 valence electrons. The lowest BCUT2D eigenvalue weighted by molar-refractivity contribution is 0.468. The van der Waals surface area contributed by atoms with Crippen LogP contribution in [-0.4, -0.2) is 45.8 Å². The number of aromatic nitrogens is 4. The van der Waals surface area contributed by atoms with Crippen LogP contribution in [0.2, 0.25) is 0 Å². The first kappa shape index (κ1) is 14.6. The van der Waals surface area contributed by atoms with Crippen molar-refractivity contribution >= 4 is 28.4 Å². The number of hydrogen-bond donors (Lipinski definition) is 3. The fraction of sp³-hybridized carbons (Fsp3) is 0.353. The quantitative estimate of drug-likeness (QED) is 0.677. The van der Waals surface area contributed by atoms with Gasteiger partial charge in [0.05, 0.1) is 17.9 Å². The van der Waals surface area contributed by atoms with E-state index in [-0.39, 0.29) is 5.82 Å². The number of rotatable bonds is 3. The van der Waals surface area contributed by atoms with Crippen LogP contribution in [0.5, 0.6) is 0 Å². The van der Waals surface area contributed by atoms with Crippen LogP contribution >= 0.6 is 0 Å². The molecule has 0 aliphatic carbocycles. The first-order valence-corrected chi connectivity index (χ1v) is 8.45. The number of halogens is 1. The Morgan fingerprint density at radius 3 is 3.12 bits per heavy atom. The Bertz CT molecular complexity index is 912. The third-order valence-electron chi connectivity index (χ3n) is 4.95. The highest BCUT2D eigenvalue weighted by Crippen LogP contribution is 2.27. The Kier molecular flexibility index (Phi) is 3.30. The molecule has 5 rings (SSSR count). The summed E-state index contributed by atoms with van der Waals surface area (Å²) >= 11 is 0. The van der Waals surface area contributed by atoms with Gasteiger partial charge < -0.3 is 15.5 Å². The van der Waals surface area contributed by atoms with Crippen LogP contribution in [0, 0.1) is 11.7 Å². The molecule has 7 nitrogen and oxygen atoms in total. The molecule has 0 radical (unpaired) electrons. The standard InChI is InChI=1S/C17H18FN7/c18-14-7-20-17(25-8-10-3-13(9-25)19-5-10)23-16(14)22-12-1-2-15-11(4-12)6-21-24-15/h1-2,4,6-7,10,13,19H,3,5,8-9H2,(H,21,24)(H,20,22,23). The molecule has 3 aromatic rings. The van der Waals surface area contributed by atoms with Gasteiger partial charge in [0.1, 0.15) is 0 Å². The molecule has 0 saturated carbocycles. The summed E-state index contributed by atoms with van der Waals surface area (Å²) < 4.78 is 14.2. The Hall–Kier alpha value is -2.74. The van der Waals surface area contributed by atoms with E-state index < -0.39 is 5.82 Å². The molecule has 2 aliphatic rings. The molecule has 2 bridgehead atoms. The number of fused-ring (bicyclic) bond motifs is 3. The maximum Gasteiger partial charge on any atom is 0.227 e. The highest BCUT2D eigenvalue weighted by Gasteiger charge is 2.33. The van der Waals surface area contributed by atoms with Gasteiger partial charge in [0, 0.05) is 36.7 Å². The van der Waals surface area contributed by atoms with Crippen LogP contribution in [0.15, 0.2) is 30.6 Å². The van der Waals surface area contributed by atoms with Crippen molar-refractivity contribution in [2.45, 2.75) is 12.5 Å². The van der Waals surface area contributed by atoms with Gasteiger partial charge in [-0.25, -0.2) is 9.37 Å². The Balaban J connectivity index is 1.42. The second kappa shape index (κ2) is 5.66. The molecule has 0 amide bonds. The van der Waals surface area contributed by atoms with Gasteiger partial charge in [0.25, 0.3) is 0 Å². The smallest absolute Gasteiger partial charge is 0.227 e. The van der Waals surface area contributed by atoms with Crippen molar-refractivity contribution in [1.82, 2.24) is 25.5 Å². The third-order valence-corrected chi connectivity index (χ3v) is 4.95. The lowest BCUT2D eigenvalue weighted by Gasteiger charge is -2.31. The first-order valence-electron chi connectivity index (χ1n) is 8.45. The van der Waals surface area contributed by atoms with Crippen LogP contribution in [-0.2, 0) is 0 Å². The molecular weight excluding hydrogens is 321 g/mol. The summed E-state index contributed by atoms with van der Waals surface area (Å²) in [6.45, 7) is 2.82. The van der Waals surface area contributed by atoms with Gasteiger partial charge in [0.15, 0.2) is 11.6 Å². The zero-order valence-corrected chi connectivity index (χ0v) is 13.5. The van der Waals surface area contributed by atoms with Crippen LogP contribution in [0.4, 0.5) is 21.8 Å². The van der Waals surface area contributed by atoms with Crippen molar-refractivity contribution in [3.8, 4) is 0 Å². The number of hydrogen-bond acceptors (Lipinski definition) is 6. The normalized spacial score (nSPS) is 22.5. The van der Waals surface area contributed by atoms with Crippen molar-refractivity contribution in [2.24, 2.45) is 5.92 Å². The van der Waals surface area contributed by atoms with E-state index in [4.69, 9.17) is 0 Å². The molecule has 2 aliphatic heterocycles. The monoisotopic (exact) mass is 339 g/mol. The molecule has 2 atom stereocenters. The molecule has 25 heavy (non-hydrogen) atoms. The second-order valence-corrected chi connectivity index (χ2v) is 6.78. The molecule has 2 fully saturated rings. The van der Waals surface area contributed by atoms with Crippen LogP contribution < -0.4 is 15.5 Å². The first-order chi connectivity index (χ1) is 12.2. The fourth-order valence-corrected chi connectivity index (χ4v) is 3.75. The predicted molar refractivity (Wildman–Crippen MR) is 93.5 cm³/mol. The number of nitrogens with zero attached hydrogens (tertiary/aromatic N) is 4.